The van der Waals surface area contributed by atoms with Crippen LogP contribution in [0, 0.1) is 5.82 Å². The Bertz CT molecular complexity index is 497. The fourth-order valence-electron chi connectivity index (χ4n) is 1.13. The van der Waals surface area contributed by atoms with Crippen LogP contribution in [0.15, 0.2) is 23.1 Å². The Kier molecular flexibility index (Phi) is 3.12. The molecule has 0 aromatic heterocycles. The summed E-state index contributed by atoms with van der Waals surface area (Å²) in [6, 6.07) is 1.51. The quantitative estimate of drug-likeness (QED) is 0.643. The second-order valence-corrected chi connectivity index (χ2v) is 8.17. The zero-order valence-corrected chi connectivity index (χ0v) is 10.0. The molecule has 0 spiro atoms. The van der Waals surface area contributed by atoms with Crippen LogP contribution in [0.3, 0.4) is 0 Å². The maximum absolute atomic E-state index is 12.9. The van der Waals surface area contributed by atoms with Gasteiger partial charge in [0, 0.05) is 15.7 Å². The molecule has 1 N–H and O–H groups in total. The number of benzene rings is 1. The summed E-state index contributed by atoms with van der Waals surface area (Å²) in [5.74, 6) is -2.62. The molecule has 0 bridgehead atoms. The highest BCUT2D eigenvalue weighted by Crippen LogP contribution is 3.06. The summed E-state index contributed by atoms with van der Waals surface area (Å²) in [7, 11) is -11.5. The minimum Gasteiger partial charge on any atom is -0.481 e. The molecule has 0 aliphatic rings. The number of rotatable bonds is 4. The van der Waals surface area contributed by atoms with E-state index in [4.69, 9.17) is 5.11 Å². The van der Waals surface area contributed by atoms with Crippen molar-refractivity contribution in [3.8, 4) is 0 Å². The van der Waals surface area contributed by atoms with Gasteiger partial charge in [-0.1, -0.05) is 19.4 Å². The molecule has 1 aromatic carbocycles. The molecule has 0 aliphatic carbocycles. The molecular weight excluding hydrogens is 306 g/mol. The average molecular weight is 312 g/mol. The predicted molar refractivity (Wildman–Crippen MR) is 56.7 cm³/mol. The molecule has 0 fully saturated rings. The van der Waals surface area contributed by atoms with Crippen molar-refractivity contribution in [3.63, 3.8) is 0 Å². The monoisotopic (exact) mass is 312 g/mol. The van der Waals surface area contributed by atoms with Crippen LogP contribution in [0.25, 0.3) is 0 Å². The molecule has 2 nitrogen and oxygen atoms in total. The van der Waals surface area contributed by atoms with E-state index in [1.165, 1.54) is 0 Å². The number of carboxylic acids is 1. The first-order valence-corrected chi connectivity index (χ1v) is 7.48. The summed E-state index contributed by atoms with van der Waals surface area (Å²) >= 11 is 0. The number of aliphatic carboxylic acids is 1. The first-order chi connectivity index (χ1) is 7.74. The van der Waals surface area contributed by atoms with Crippen LogP contribution in [0.2, 0.25) is 0 Å². The van der Waals surface area contributed by atoms with Crippen molar-refractivity contribution >= 4 is 26.0 Å². The minimum atomic E-state index is -9.78. The lowest BCUT2D eigenvalue weighted by Crippen LogP contribution is -2.02. The van der Waals surface area contributed by atoms with Crippen molar-refractivity contribution < 1.29 is 33.7 Å². The zero-order chi connectivity index (χ0) is 14.3. The first-order valence-electron chi connectivity index (χ1n) is 4.20. The molecule has 18 heavy (non-hydrogen) atoms. The molecule has 0 aliphatic heterocycles. The van der Waals surface area contributed by atoms with Gasteiger partial charge < -0.3 is 5.11 Å². The van der Waals surface area contributed by atoms with Crippen LogP contribution in [0.1, 0.15) is 5.56 Å². The molecule has 0 atom stereocenters. The summed E-state index contributed by atoms with van der Waals surface area (Å²) in [6.45, 7) is 0. The fraction of sp³-hybridized carbons (Fsp3) is 0.125. The maximum atomic E-state index is 12.9. The summed E-state index contributed by atoms with van der Waals surface area (Å²) in [5.41, 5.74) is -0.327. The van der Waals surface area contributed by atoms with Crippen molar-refractivity contribution in [3.05, 3.63) is 29.6 Å². The zero-order valence-electron chi connectivity index (χ0n) is 8.38. The largest absolute Gasteiger partial charge is 0.481 e. The number of hydrogen-bond acceptors (Lipinski definition) is 2. The summed E-state index contributed by atoms with van der Waals surface area (Å²) < 4.78 is 73.7. The average Bonchev–Trinajstić information content (AvgIpc) is 1.92. The molecule has 0 unspecified atom stereocenters. The van der Waals surface area contributed by atoms with Gasteiger partial charge in [-0.3, -0.25) is 4.79 Å². The van der Waals surface area contributed by atoms with E-state index in [1.807, 2.05) is 0 Å². The van der Waals surface area contributed by atoms with E-state index in [9.17, 15) is 28.6 Å². The summed E-state index contributed by atoms with van der Waals surface area (Å²) in [6.07, 6.45) is -0.758. The van der Waals surface area contributed by atoms with Crippen molar-refractivity contribution in [1.82, 2.24) is 0 Å². The molecule has 0 saturated carbocycles. The van der Waals surface area contributed by atoms with Gasteiger partial charge in [0.15, 0.2) is 0 Å². The van der Waals surface area contributed by atoms with Gasteiger partial charge in [-0.15, -0.1) is 0 Å². The summed E-state index contributed by atoms with van der Waals surface area (Å²) in [5, 5.41) is 8.39. The number of carbonyl (C=O) groups is 1. The lowest BCUT2D eigenvalue weighted by molar-refractivity contribution is -0.136. The van der Waals surface area contributed by atoms with Gasteiger partial charge in [0.2, 0.25) is 0 Å². The summed E-state index contributed by atoms with van der Waals surface area (Å²) in [4.78, 5) is 9.23. The lowest BCUT2D eigenvalue weighted by atomic mass is 10.1. The van der Waals surface area contributed by atoms with Crippen LogP contribution in [0.4, 0.5) is 23.8 Å². The van der Waals surface area contributed by atoms with Crippen molar-refractivity contribution in [2.24, 2.45) is 0 Å². The van der Waals surface area contributed by atoms with Crippen LogP contribution in [-0.4, -0.2) is 11.1 Å². The van der Waals surface area contributed by atoms with E-state index in [-0.39, 0.29) is 11.6 Å². The van der Waals surface area contributed by atoms with E-state index in [2.05, 4.69) is 0 Å². The Labute approximate surface area is 101 Å². The molecular formula is C8H6F6O2S2. The first kappa shape index (κ1) is 15.0. The van der Waals surface area contributed by atoms with Gasteiger partial charge in [-0.25, -0.2) is 4.39 Å². The van der Waals surface area contributed by atoms with Crippen LogP contribution < -0.4 is 0 Å². The van der Waals surface area contributed by atoms with E-state index in [0.29, 0.717) is 12.1 Å². The second-order valence-electron chi connectivity index (χ2n) is 3.35. The van der Waals surface area contributed by atoms with Gasteiger partial charge in [-0.05, 0) is 23.8 Å². The van der Waals surface area contributed by atoms with E-state index in [1.54, 1.807) is 0 Å². The standard InChI is InChI=1S/C8H6F6O2S2/c9-6-1-5(3-8(15)16)2-7(4-6)17-18(10,11,12,13)14/h1-2,4H,3H2,(H,15,16). The predicted octanol–water partition coefficient (Wildman–Crippen LogP) is 4.76. The smallest absolute Gasteiger partial charge is 0.335 e. The van der Waals surface area contributed by atoms with Gasteiger partial charge in [0.05, 0.1) is 6.42 Å². The molecule has 0 saturated heterocycles. The van der Waals surface area contributed by atoms with E-state index < -0.39 is 43.2 Å². The SMILES string of the molecule is O=C(O)Cc1cc(F)cc(SS(F)(F)(F)(F)F)c1. The Balaban J connectivity index is 3.13. The van der Waals surface area contributed by atoms with E-state index >= 15 is 0 Å². The maximum Gasteiger partial charge on any atom is 0.335 e. The highest BCUT2D eigenvalue weighted by molar-refractivity contribution is 9.02. The third kappa shape index (κ3) is 6.05. The molecule has 0 heterocycles. The third-order valence-corrected chi connectivity index (χ3v) is 3.81. The second kappa shape index (κ2) is 3.73. The highest BCUT2D eigenvalue weighted by Gasteiger charge is 2.65. The minimum absolute atomic E-state index is 0.272. The van der Waals surface area contributed by atoms with Crippen molar-refractivity contribution in [1.29, 1.82) is 0 Å². The van der Waals surface area contributed by atoms with Gasteiger partial charge in [0.1, 0.15) is 5.82 Å². The number of halogens is 6. The molecule has 1 rings (SSSR count). The third-order valence-electron chi connectivity index (χ3n) is 1.54. The molecule has 1 aromatic rings. The van der Waals surface area contributed by atoms with Crippen molar-refractivity contribution in [2.45, 2.75) is 11.3 Å². The van der Waals surface area contributed by atoms with Crippen LogP contribution in [-0.2, 0) is 11.2 Å². The fourth-order valence-corrected chi connectivity index (χ4v) is 3.23. The topological polar surface area (TPSA) is 37.3 Å². The Hall–Kier alpha value is -1.03. The molecule has 10 heteroatoms. The van der Waals surface area contributed by atoms with Crippen molar-refractivity contribution in [2.75, 3.05) is 0 Å². The highest BCUT2D eigenvalue weighted by atomic mass is 33.3. The van der Waals surface area contributed by atoms with Gasteiger partial charge in [0.25, 0.3) is 0 Å². The Morgan fingerprint density at radius 1 is 1.17 bits per heavy atom. The molecule has 0 amide bonds. The Morgan fingerprint density at radius 2 is 1.72 bits per heavy atom. The molecule has 104 valence electrons. The number of carboxylic acid groups (broad SMARTS) is 1. The lowest BCUT2D eigenvalue weighted by Gasteiger charge is -2.38. The van der Waals surface area contributed by atoms with E-state index in [0.717, 1.165) is 0 Å². The number of hydrogen-bond donors (Lipinski definition) is 1. The van der Waals surface area contributed by atoms with Gasteiger partial charge in [-0.2, -0.15) is 0 Å². The van der Waals surface area contributed by atoms with Crippen LogP contribution >= 0.6 is 20.0 Å². The van der Waals surface area contributed by atoms with Gasteiger partial charge >= 0.3 is 15.2 Å². The Morgan fingerprint density at radius 3 is 2.17 bits per heavy atom. The normalized spacial score (nSPS) is 15.9. The van der Waals surface area contributed by atoms with Crippen LogP contribution in [0.5, 0.6) is 0 Å². The molecule has 0 radical (unpaired) electrons.